The van der Waals surface area contributed by atoms with E-state index in [4.69, 9.17) is 14.7 Å². The molecule has 9 heteroatoms. The third-order valence-electron chi connectivity index (χ3n) is 5.52. The van der Waals surface area contributed by atoms with E-state index in [0.29, 0.717) is 46.3 Å². The SMILES string of the molecule is COc1cc(C#N)ccc1Oc1ccc(NCc2nnc3n(C)c(=O)c4ccccc4n23)cc1. The Morgan fingerprint density at radius 2 is 1.82 bits per heavy atom. The summed E-state index contributed by atoms with van der Waals surface area (Å²) >= 11 is 0. The van der Waals surface area contributed by atoms with E-state index in [1.165, 1.54) is 11.7 Å². The lowest BCUT2D eigenvalue weighted by molar-refractivity contribution is 0.379. The van der Waals surface area contributed by atoms with Gasteiger partial charge in [-0.1, -0.05) is 12.1 Å². The van der Waals surface area contributed by atoms with Crippen molar-refractivity contribution in [3.05, 3.63) is 88.5 Å². The number of methoxy groups -OCH3 is 1. The quantitative estimate of drug-likeness (QED) is 0.417. The van der Waals surface area contributed by atoms with E-state index in [1.54, 1.807) is 31.3 Å². The molecule has 0 aliphatic carbocycles. The van der Waals surface area contributed by atoms with E-state index in [2.05, 4.69) is 21.6 Å². The highest BCUT2D eigenvalue weighted by Crippen LogP contribution is 2.32. The molecule has 0 bridgehead atoms. The van der Waals surface area contributed by atoms with Crippen LogP contribution in [0.2, 0.25) is 0 Å². The van der Waals surface area contributed by atoms with Gasteiger partial charge in [0, 0.05) is 18.8 Å². The average Bonchev–Trinajstić information content (AvgIpc) is 3.31. The molecule has 0 saturated carbocycles. The Hall–Kier alpha value is -4.84. The Labute approximate surface area is 194 Å². The van der Waals surface area contributed by atoms with Crippen LogP contribution in [0.15, 0.2) is 71.5 Å². The number of para-hydroxylation sites is 1. The highest BCUT2D eigenvalue weighted by molar-refractivity contribution is 5.80. The molecule has 0 aliphatic rings. The monoisotopic (exact) mass is 452 g/mol. The lowest BCUT2D eigenvalue weighted by atomic mass is 10.2. The summed E-state index contributed by atoms with van der Waals surface area (Å²) in [6, 6.07) is 22.0. The second kappa shape index (κ2) is 8.60. The van der Waals surface area contributed by atoms with Gasteiger partial charge in [0.05, 0.1) is 36.2 Å². The molecule has 34 heavy (non-hydrogen) atoms. The van der Waals surface area contributed by atoms with Gasteiger partial charge in [-0.05, 0) is 48.5 Å². The average molecular weight is 452 g/mol. The molecule has 0 aliphatic heterocycles. The van der Waals surface area contributed by atoms with E-state index in [-0.39, 0.29) is 5.56 Å². The summed E-state index contributed by atoms with van der Waals surface area (Å²) in [6.45, 7) is 0.410. The van der Waals surface area contributed by atoms with Gasteiger partial charge in [0.2, 0.25) is 5.78 Å². The maximum Gasteiger partial charge on any atom is 0.262 e. The second-order valence-corrected chi connectivity index (χ2v) is 7.59. The Morgan fingerprint density at radius 3 is 2.59 bits per heavy atom. The van der Waals surface area contributed by atoms with Gasteiger partial charge in [0.15, 0.2) is 17.3 Å². The normalized spacial score (nSPS) is 10.9. The van der Waals surface area contributed by atoms with Crippen LogP contribution in [0.25, 0.3) is 16.7 Å². The first kappa shape index (κ1) is 21.0. The highest BCUT2D eigenvalue weighted by Gasteiger charge is 2.14. The van der Waals surface area contributed by atoms with Crippen LogP contribution in [0, 0.1) is 11.3 Å². The van der Waals surface area contributed by atoms with Crippen molar-refractivity contribution in [2.75, 3.05) is 12.4 Å². The summed E-state index contributed by atoms with van der Waals surface area (Å²) in [6.07, 6.45) is 0. The minimum absolute atomic E-state index is 0.107. The van der Waals surface area contributed by atoms with Crippen LogP contribution in [0.4, 0.5) is 5.69 Å². The topological polar surface area (TPSA) is 106 Å². The van der Waals surface area contributed by atoms with Crippen LogP contribution in [0.1, 0.15) is 11.4 Å². The van der Waals surface area contributed by atoms with Crippen molar-refractivity contribution in [1.29, 1.82) is 5.26 Å². The van der Waals surface area contributed by atoms with Gasteiger partial charge in [-0.25, -0.2) is 0 Å². The first-order valence-electron chi connectivity index (χ1n) is 10.5. The molecule has 0 amide bonds. The maximum absolute atomic E-state index is 12.6. The number of anilines is 1. The van der Waals surface area contributed by atoms with Crippen LogP contribution in [0.5, 0.6) is 17.2 Å². The highest BCUT2D eigenvalue weighted by atomic mass is 16.5. The summed E-state index contributed by atoms with van der Waals surface area (Å²) in [7, 11) is 3.23. The fourth-order valence-electron chi connectivity index (χ4n) is 3.78. The summed E-state index contributed by atoms with van der Waals surface area (Å²) in [5, 5.41) is 21.5. The van der Waals surface area contributed by atoms with Gasteiger partial charge in [0.25, 0.3) is 5.56 Å². The third kappa shape index (κ3) is 3.67. The van der Waals surface area contributed by atoms with Crippen molar-refractivity contribution in [3.63, 3.8) is 0 Å². The van der Waals surface area contributed by atoms with Gasteiger partial charge >= 0.3 is 0 Å². The molecule has 0 fully saturated rings. The number of nitriles is 1. The lowest BCUT2D eigenvalue weighted by Crippen LogP contribution is -2.20. The molecule has 168 valence electrons. The van der Waals surface area contributed by atoms with Crippen molar-refractivity contribution in [1.82, 2.24) is 19.2 Å². The van der Waals surface area contributed by atoms with Crippen LogP contribution >= 0.6 is 0 Å². The van der Waals surface area contributed by atoms with Crippen molar-refractivity contribution in [2.24, 2.45) is 7.05 Å². The smallest absolute Gasteiger partial charge is 0.262 e. The van der Waals surface area contributed by atoms with Gasteiger partial charge in [-0.2, -0.15) is 5.26 Å². The number of ether oxygens (including phenoxy) is 2. The van der Waals surface area contributed by atoms with Gasteiger partial charge in [-0.3, -0.25) is 13.8 Å². The number of fused-ring (bicyclic) bond motifs is 3. The largest absolute Gasteiger partial charge is 0.493 e. The van der Waals surface area contributed by atoms with Gasteiger partial charge < -0.3 is 14.8 Å². The molecule has 0 saturated heterocycles. The summed E-state index contributed by atoms with van der Waals surface area (Å²) in [5.74, 6) is 2.81. The molecule has 2 aromatic heterocycles. The van der Waals surface area contributed by atoms with Crippen LogP contribution < -0.4 is 20.3 Å². The van der Waals surface area contributed by atoms with E-state index < -0.39 is 0 Å². The Kier molecular flexibility index (Phi) is 5.32. The number of hydrogen-bond acceptors (Lipinski definition) is 7. The molecule has 9 nitrogen and oxygen atoms in total. The number of benzene rings is 3. The first-order chi connectivity index (χ1) is 16.6. The Morgan fingerprint density at radius 1 is 1.03 bits per heavy atom. The lowest BCUT2D eigenvalue weighted by Gasteiger charge is -2.12. The summed E-state index contributed by atoms with van der Waals surface area (Å²) < 4.78 is 14.6. The van der Waals surface area contributed by atoms with Crippen molar-refractivity contribution >= 4 is 22.4 Å². The standard InChI is InChI=1S/C25H20N6O3/c1-30-24(32)19-5-3-4-6-20(19)31-23(28-29-25(30)31)15-27-17-8-10-18(11-9-17)34-21-12-7-16(14-26)13-22(21)33-2/h3-13,27H,15H2,1-2H3. The van der Waals surface area contributed by atoms with Crippen LogP contribution in [0.3, 0.4) is 0 Å². The van der Waals surface area contributed by atoms with Crippen molar-refractivity contribution in [2.45, 2.75) is 6.54 Å². The maximum atomic E-state index is 12.6. The number of hydrogen-bond donors (Lipinski definition) is 1. The molecule has 1 N–H and O–H groups in total. The predicted octanol–water partition coefficient (Wildman–Crippen LogP) is 3.87. The van der Waals surface area contributed by atoms with E-state index in [1.807, 2.05) is 46.9 Å². The summed E-state index contributed by atoms with van der Waals surface area (Å²) in [5.41, 5.74) is 2.02. The predicted molar refractivity (Wildman–Crippen MR) is 127 cm³/mol. The number of aryl methyl sites for hydroxylation is 1. The third-order valence-corrected chi connectivity index (χ3v) is 5.52. The van der Waals surface area contributed by atoms with Gasteiger partial charge in [-0.15, -0.1) is 10.2 Å². The van der Waals surface area contributed by atoms with Gasteiger partial charge in [0.1, 0.15) is 5.75 Å². The summed E-state index contributed by atoms with van der Waals surface area (Å²) in [4.78, 5) is 12.6. The fraction of sp³-hybridized carbons (Fsp3) is 0.120. The number of nitrogens with zero attached hydrogens (tertiary/aromatic N) is 5. The molecule has 3 aromatic carbocycles. The Balaban J connectivity index is 1.36. The number of rotatable bonds is 6. The zero-order valence-electron chi connectivity index (χ0n) is 18.5. The van der Waals surface area contributed by atoms with Crippen LogP contribution in [-0.4, -0.2) is 26.3 Å². The molecule has 0 spiro atoms. The minimum atomic E-state index is -0.107. The Bertz CT molecular complexity index is 1610. The van der Waals surface area contributed by atoms with Crippen LogP contribution in [-0.2, 0) is 13.6 Å². The van der Waals surface area contributed by atoms with Crippen molar-refractivity contribution in [3.8, 4) is 23.3 Å². The van der Waals surface area contributed by atoms with E-state index >= 15 is 0 Å². The minimum Gasteiger partial charge on any atom is -0.493 e. The fourth-order valence-corrected chi connectivity index (χ4v) is 3.78. The molecular formula is C25H20N6O3. The molecule has 5 aromatic rings. The molecule has 0 radical (unpaired) electrons. The van der Waals surface area contributed by atoms with E-state index in [0.717, 1.165) is 11.2 Å². The molecule has 2 heterocycles. The number of aromatic nitrogens is 4. The van der Waals surface area contributed by atoms with E-state index in [9.17, 15) is 4.79 Å². The molecule has 0 atom stereocenters. The molecule has 5 rings (SSSR count). The second-order valence-electron chi connectivity index (χ2n) is 7.59. The zero-order valence-corrected chi connectivity index (χ0v) is 18.5. The molecular weight excluding hydrogens is 432 g/mol. The first-order valence-corrected chi connectivity index (χ1v) is 10.5. The molecule has 0 unspecified atom stereocenters. The zero-order chi connectivity index (χ0) is 23.7. The number of nitrogens with one attached hydrogen (secondary N) is 1. The van der Waals surface area contributed by atoms with Crippen molar-refractivity contribution < 1.29 is 9.47 Å².